The van der Waals surface area contributed by atoms with Crippen molar-refractivity contribution in [3.8, 4) is 0 Å². The van der Waals surface area contributed by atoms with Gasteiger partial charge in [-0.15, -0.1) is 11.3 Å². The van der Waals surface area contributed by atoms with Gasteiger partial charge in [0.2, 0.25) is 0 Å². The highest BCUT2D eigenvalue weighted by atomic mass is 32.2. The molecule has 46 heavy (non-hydrogen) atoms. The molecule has 1 aromatic carbocycles. The first kappa shape index (κ1) is 31.1. The van der Waals surface area contributed by atoms with Crippen LogP contribution >= 0.6 is 11.3 Å². The second-order valence-electron chi connectivity index (χ2n) is 13.9. The average Bonchev–Trinajstić information content (AvgIpc) is 3.72. The number of ether oxygens (including phenoxy) is 4. The Bertz CT molecular complexity index is 1660. The Morgan fingerprint density at radius 3 is 2.54 bits per heavy atom. The van der Waals surface area contributed by atoms with E-state index in [1.807, 2.05) is 6.92 Å². The number of fused-ring (bicyclic) bond motifs is 2. The highest BCUT2D eigenvalue weighted by Gasteiger charge is 2.89. The van der Waals surface area contributed by atoms with Crippen LogP contribution in [0.5, 0.6) is 0 Å². The minimum atomic E-state index is -3.92. The van der Waals surface area contributed by atoms with Gasteiger partial charge in [-0.2, -0.15) is 0 Å². The van der Waals surface area contributed by atoms with E-state index in [0.29, 0.717) is 25.7 Å². The number of hydrazine groups is 1. The van der Waals surface area contributed by atoms with Crippen molar-refractivity contribution in [2.45, 2.75) is 96.0 Å². The average molecular weight is 676 g/mol. The van der Waals surface area contributed by atoms with E-state index in [1.54, 1.807) is 57.0 Å². The zero-order valence-corrected chi connectivity index (χ0v) is 27.8. The zero-order valence-electron chi connectivity index (χ0n) is 26.2. The smallest absolute Gasteiger partial charge is 0.340 e. The number of carbonyl (C=O) groups excluding carboxylic acids is 1. The molecule has 6 fully saturated rings. The molecule has 8 rings (SSSR count). The second-order valence-corrected chi connectivity index (χ2v) is 16.8. The van der Waals surface area contributed by atoms with Gasteiger partial charge in [0, 0.05) is 45.5 Å². The van der Waals surface area contributed by atoms with Crippen LogP contribution in [0.2, 0.25) is 0 Å². The topological polar surface area (TPSA) is 156 Å². The van der Waals surface area contributed by atoms with Crippen LogP contribution < -0.4 is 10.1 Å². The minimum Gasteiger partial charge on any atom is -0.453 e. The number of nitrogens with zero attached hydrogens (tertiary/aromatic N) is 1. The van der Waals surface area contributed by atoms with E-state index in [1.165, 1.54) is 6.07 Å². The predicted molar refractivity (Wildman–Crippen MR) is 167 cm³/mol. The number of methoxy groups -OCH3 is 3. The summed E-state index contributed by atoms with van der Waals surface area (Å²) in [5.74, 6) is -1.56. The van der Waals surface area contributed by atoms with Gasteiger partial charge in [0.25, 0.3) is 10.0 Å². The Labute approximate surface area is 272 Å². The molecular formula is C32H41N3O9S2. The minimum absolute atomic E-state index is 0.105. The van der Waals surface area contributed by atoms with E-state index in [9.17, 15) is 23.4 Å². The van der Waals surface area contributed by atoms with E-state index in [0.717, 1.165) is 11.3 Å². The van der Waals surface area contributed by atoms with Crippen molar-refractivity contribution in [2.24, 2.45) is 17.8 Å². The number of rotatable bonds is 8. The van der Waals surface area contributed by atoms with Crippen LogP contribution in [-0.4, -0.2) is 104 Å². The number of sulfonamides is 1. The molecule has 3 saturated heterocycles. The zero-order chi connectivity index (χ0) is 32.4. The number of hydrogen-bond donors (Lipinski definition) is 4. The molecule has 5 unspecified atom stereocenters. The van der Waals surface area contributed by atoms with E-state index in [2.05, 4.69) is 15.2 Å². The first-order chi connectivity index (χ1) is 21.9. The lowest BCUT2D eigenvalue weighted by molar-refractivity contribution is -0.343. The van der Waals surface area contributed by atoms with Gasteiger partial charge in [0.15, 0.2) is 0 Å². The fraction of sp³-hybridized carbons (Fsp3) is 0.656. The molecule has 0 amide bonds. The molecule has 13 atom stereocenters. The maximum absolute atomic E-state index is 14.3. The van der Waals surface area contributed by atoms with Crippen LogP contribution in [-0.2, 0) is 29.0 Å². The molecule has 4 heterocycles. The normalized spacial score (nSPS) is 46.6. The second kappa shape index (κ2) is 10.2. The lowest BCUT2D eigenvalue weighted by Gasteiger charge is -2.70. The van der Waals surface area contributed by atoms with Crippen LogP contribution in [0.4, 0.5) is 5.69 Å². The maximum atomic E-state index is 14.3. The number of nitrogens with one attached hydrogen (secondary N) is 2. The van der Waals surface area contributed by atoms with Gasteiger partial charge in [-0.25, -0.2) is 23.6 Å². The number of carbonyl (C=O) groups is 1. The summed E-state index contributed by atoms with van der Waals surface area (Å²) in [6, 6.07) is 8.74. The number of benzene rings is 1. The Morgan fingerprint density at radius 2 is 1.85 bits per heavy atom. The number of para-hydroxylation sites is 1. The molecule has 7 bridgehead atoms. The van der Waals surface area contributed by atoms with Crippen LogP contribution in [0, 0.1) is 17.8 Å². The van der Waals surface area contributed by atoms with Gasteiger partial charge >= 0.3 is 5.97 Å². The molecule has 1 spiro atoms. The lowest BCUT2D eigenvalue weighted by atomic mass is 9.52. The monoisotopic (exact) mass is 675 g/mol. The van der Waals surface area contributed by atoms with E-state index >= 15 is 0 Å². The largest absolute Gasteiger partial charge is 0.453 e. The molecule has 3 aliphatic carbocycles. The van der Waals surface area contributed by atoms with Crippen molar-refractivity contribution in [3.63, 3.8) is 0 Å². The molecule has 6 aliphatic rings. The molecule has 14 heteroatoms. The van der Waals surface area contributed by atoms with Crippen LogP contribution in [0.25, 0.3) is 0 Å². The summed E-state index contributed by atoms with van der Waals surface area (Å²) in [6.07, 6.45) is 1.03. The van der Waals surface area contributed by atoms with Crippen molar-refractivity contribution in [2.75, 3.05) is 26.1 Å². The summed E-state index contributed by atoms with van der Waals surface area (Å²) in [4.78, 5) is 14.3. The Kier molecular flexibility index (Phi) is 6.90. The third kappa shape index (κ3) is 3.57. The van der Waals surface area contributed by atoms with Gasteiger partial charge in [-0.05, 0) is 56.2 Å². The summed E-state index contributed by atoms with van der Waals surface area (Å²) < 4.78 is 53.8. The standard InChI is InChI=1S/C32H41N3O9S2/c1-17-29(44-28(36)18-8-5-6-9-20(18)34-46(39,40)26-10-7-13-45-26)12-11-25(42-3)31-22(29)15-24(35(31)33-17)30(37)16-21(41-2)19-14-23(31)32(30,38)27(19)43-4/h5-10,13,17,19,21-25,27,33-34,37-38H,11-12,14-16H2,1-4H3/t17-,19+,21-,22?,23?,24?,25-,27-,29+,30-,31?,32-/m0/s1. The number of aliphatic hydroxyl groups is 2. The summed E-state index contributed by atoms with van der Waals surface area (Å²) in [7, 11) is 0.988. The highest BCUT2D eigenvalue weighted by Crippen LogP contribution is 2.74. The Hall–Kier alpha value is -2.14. The number of thiophene rings is 1. The molecule has 0 radical (unpaired) electrons. The number of anilines is 1. The molecular weight excluding hydrogens is 634 g/mol. The number of piperidine rings is 1. The van der Waals surface area contributed by atoms with Gasteiger partial charge in [0.05, 0.1) is 47.2 Å². The predicted octanol–water partition coefficient (Wildman–Crippen LogP) is 2.13. The molecule has 1 aromatic heterocycles. The quantitative estimate of drug-likeness (QED) is 0.304. The Morgan fingerprint density at radius 1 is 1.07 bits per heavy atom. The number of esters is 1. The van der Waals surface area contributed by atoms with Crippen LogP contribution in [0.15, 0.2) is 46.0 Å². The van der Waals surface area contributed by atoms with E-state index in [-0.39, 0.29) is 52.0 Å². The first-order valence-corrected chi connectivity index (χ1v) is 18.3. The molecule has 3 aliphatic heterocycles. The first-order valence-electron chi connectivity index (χ1n) is 15.9. The lowest BCUT2D eigenvalue weighted by Crippen LogP contribution is -2.89. The molecule has 12 nitrogen and oxygen atoms in total. The van der Waals surface area contributed by atoms with E-state index in [4.69, 9.17) is 18.9 Å². The summed E-state index contributed by atoms with van der Waals surface area (Å²) in [6.45, 7) is 1.98. The van der Waals surface area contributed by atoms with Gasteiger partial charge in [-0.1, -0.05) is 18.2 Å². The third-order valence-corrected chi connectivity index (χ3v) is 15.4. The third-order valence-electron chi connectivity index (χ3n) is 12.6. The van der Waals surface area contributed by atoms with Crippen molar-refractivity contribution in [1.29, 1.82) is 0 Å². The Balaban J connectivity index is 1.21. The fourth-order valence-corrected chi connectivity index (χ4v) is 13.1. The fourth-order valence-electron chi connectivity index (χ4n) is 11.0. The molecule has 3 saturated carbocycles. The summed E-state index contributed by atoms with van der Waals surface area (Å²) in [5.41, 5.74) is -1.11. The highest BCUT2D eigenvalue weighted by molar-refractivity contribution is 7.94. The van der Waals surface area contributed by atoms with Gasteiger partial charge in [0.1, 0.15) is 21.0 Å². The van der Waals surface area contributed by atoms with Crippen LogP contribution in [0.3, 0.4) is 0 Å². The van der Waals surface area contributed by atoms with Crippen molar-refractivity contribution < 1.29 is 42.4 Å². The van der Waals surface area contributed by atoms with Gasteiger partial charge in [-0.3, -0.25) is 4.72 Å². The SMILES string of the molecule is CO[C@H]1C[C@]2(O)C3CC4C5(C6C[C@H]1[C@H](OC)[C@@]62O)[C@@H](OC)CC[C@@]4(OC(=O)c1ccccc1NS(=O)(=O)c1cccs1)[C@H](C)NN35. The summed E-state index contributed by atoms with van der Waals surface area (Å²) in [5, 5.41) is 29.3. The molecule has 250 valence electrons. The molecule has 4 N–H and O–H groups in total. The maximum Gasteiger partial charge on any atom is 0.340 e. The summed E-state index contributed by atoms with van der Waals surface area (Å²) >= 11 is 1.09. The van der Waals surface area contributed by atoms with Crippen LogP contribution in [0.1, 0.15) is 49.4 Å². The van der Waals surface area contributed by atoms with E-state index < -0.39 is 56.4 Å². The number of hydrogen-bond acceptors (Lipinski definition) is 12. The molecule has 2 aromatic rings. The van der Waals surface area contributed by atoms with Gasteiger partial charge < -0.3 is 29.2 Å². The van der Waals surface area contributed by atoms with Crippen molar-refractivity contribution in [1.82, 2.24) is 10.4 Å². The van der Waals surface area contributed by atoms with Crippen molar-refractivity contribution in [3.05, 3.63) is 47.3 Å². The van der Waals surface area contributed by atoms with Crippen molar-refractivity contribution >= 4 is 33.0 Å².